The van der Waals surface area contributed by atoms with Crippen LogP contribution >= 0.6 is 0 Å². The van der Waals surface area contributed by atoms with Crippen LogP contribution in [-0.2, 0) is 14.3 Å². The van der Waals surface area contributed by atoms with Crippen LogP contribution in [0.5, 0.6) is 0 Å². The second-order valence-electron chi connectivity index (χ2n) is 5.66. The number of unbranched alkanes of at least 4 members (excludes halogenated alkanes) is 3. The summed E-state index contributed by atoms with van der Waals surface area (Å²) in [5.74, 6) is -2.62. The number of anilines is 1. The number of carbonyl (C=O) groups excluding carboxylic acids is 1. The van der Waals surface area contributed by atoms with Gasteiger partial charge in [-0.15, -0.1) is 0 Å². The monoisotopic (exact) mass is 317 g/mol. The highest BCUT2D eigenvalue weighted by molar-refractivity contribution is 6.00. The molecule has 1 N–H and O–H groups in total. The van der Waals surface area contributed by atoms with E-state index in [9.17, 15) is 14.7 Å². The third-order valence-corrected chi connectivity index (χ3v) is 4.08. The number of carboxylic acid groups (broad SMARTS) is 1. The zero-order valence-electron chi connectivity index (χ0n) is 13.6. The second kappa shape index (κ2) is 7.81. The molecule has 1 atom stereocenters. The molecule has 0 aromatic heterocycles. The molecule has 0 saturated heterocycles. The Kier molecular flexibility index (Phi) is 5.79. The summed E-state index contributed by atoms with van der Waals surface area (Å²) in [6.45, 7) is 2.91. The van der Waals surface area contributed by atoms with E-state index in [1.165, 1.54) is 13.5 Å². The van der Waals surface area contributed by atoms with Crippen LogP contribution in [0.4, 0.5) is 5.69 Å². The number of rotatable bonds is 7. The average Bonchev–Trinajstić information content (AvgIpc) is 2.57. The quantitative estimate of drug-likeness (QED) is 0.617. The number of methoxy groups -OCH3 is 1. The highest BCUT2D eigenvalue weighted by Gasteiger charge is 2.36. The van der Waals surface area contributed by atoms with Gasteiger partial charge in [0.2, 0.25) is 0 Å². The predicted octanol–water partition coefficient (Wildman–Crippen LogP) is 3.31. The fourth-order valence-corrected chi connectivity index (χ4v) is 2.92. The van der Waals surface area contributed by atoms with E-state index in [4.69, 9.17) is 4.74 Å². The Morgan fingerprint density at radius 1 is 1.22 bits per heavy atom. The molecule has 5 nitrogen and oxygen atoms in total. The maximum atomic E-state index is 12.0. The summed E-state index contributed by atoms with van der Waals surface area (Å²) < 4.78 is 4.78. The highest BCUT2D eigenvalue weighted by Crippen LogP contribution is 2.38. The highest BCUT2D eigenvalue weighted by atomic mass is 16.5. The molecule has 1 aliphatic rings. The zero-order valence-corrected chi connectivity index (χ0v) is 13.6. The van der Waals surface area contributed by atoms with Crippen molar-refractivity contribution < 1.29 is 19.4 Å². The number of aliphatic carboxylic acids is 1. The van der Waals surface area contributed by atoms with Gasteiger partial charge in [-0.1, -0.05) is 44.4 Å². The molecule has 0 amide bonds. The molecule has 1 aromatic carbocycles. The Morgan fingerprint density at radius 2 is 1.96 bits per heavy atom. The number of benzene rings is 1. The first-order valence-corrected chi connectivity index (χ1v) is 7.98. The lowest BCUT2D eigenvalue weighted by atomic mass is 9.87. The number of nitrogens with zero attached hydrogens (tertiary/aromatic N) is 1. The van der Waals surface area contributed by atoms with E-state index in [1.807, 2.05) is 17.0 Å². The van der Waals surface area contributed by atoms with Crippen LogP contribution in [-0.4, -0.2) is 30.7 Å². The van der Waals surface area contributed by atoms with Gasteiger partial charge >= 0.3 is 11.9 Å². The largest absolute Gasteiger partial charge is 0.481 e. The third-order valence-electron chi connectivity index (χ3n) is 4.08. The van der Waals surface area contributed by atoms with Gasteiger partial charge in [0.15, 0.2) is 0 Å². The fourth-order valence-electron chi connectivity index (χ4n) is 2.92. The van der Waals surface area contributed by atoms with Crippen LogP contribution in [0.15, 0.2) is 36.0 Å². The van der Waals surface area contributed by atoms with Crippen molar-refractivity contribution in [2.45, 2.75) is 38.5 Å². The lowest BCUT2D eigenvalue weighted by molar-refractivity contribution is -0.142. The molecule has 2 rings (SSSR count). The Bertz CT molecular complexity index is 609. The molecule has 23 heavy (non-hydrogen) atoms. The van der Waals surface area contributed by atoms with E-state index in [1.54, 1.807) is 18.3 Å². The van der Waals surface area contributed by atoms with Gasteiger partial charge in [0.1, 0.15) is 5.92 Å². The van der Waals surface area contributed by atoms with Gasteiger partial charge in [-0.25, -0.2) is 4.79 Å². The van der Waals surface area contributed by atoms with E-state index < -0.39 is 17.9 Å². The molecule has 0 spiro atoms. The first-order chi connectivity index (χ1) is 11.1. The van der Waals surface area contributed by atoms with Gasteiger partial charge in [-0.05, 0) is 18.1 Å². The summed E-state index contributed by atoms with van der Waals surface area (Å²) in [4.78, 5) is 25.7. The van der Waals surface area contributed by atoms with E-state index in [2.05, 4.69) is 6.92 Å². The van der Waals surface area contributed by atoms with Crippen molar-refractivity contribution in [2.24, 2.45) is 0 Å². The minimum Gasteiger partial charge on any atom is -0.481 e. The van der Waals surface area contributed by atoms with Crippen molar-refractivity contribution >= 4 is 17.6 Å². The number of fused-ring (bicyclic) bond motifs is 1. The second-order valence-corrected chi connectivity index (χ2v) is 5.66. The van der Waals surface area contributed by atoms with Gasteiger partial charge in [0.25, 0.3) is 0 Å². The van der Waals surface area contributed by atoms with Crippen LogP contribution in [0, 0.1) is 0 Å². The van der Waals surface area contributed by atoms with Gasteiger partial charge in [0, 0.05) is 18.4 Å². The number of para-hydroxylation sites is 1. The summed E-state index contributed by atoms with van der Waals surface area (Å²) in [6.07, 6.45) is 6.06. The van der Waals surface area contributed by atoms with E-state index >= 15 is 0 Å². The van der Waals surface area contributed by atoms with E-state index in [0.717, 1.165) is 31.5 Å². The third kappa shape index (κ3) is 3.73. The van der Waals surface area contributed by atoms with Gasteiger partial charge < -0.3 is 14.7 Å². The molecule has 1 aromatic rings. The lowest BCUT2D eigenvalue weighted by Gasteiger charge is -2.32. The summed E-state index contributed by atoms with van der Waals surface area (Å²) >= 11 is 0. The maximum Gasteiger partial charge on any atom is 0.336 e. The number of hydrogen-bond acceptors (Lipinski definition) is 4. The molecule has 1 aliphatic heterocycles. The van der Waals surface area contributed by atoms with Crippen molar-refractivity contribution in [1.29, 1.82) is 0 Å². The molecule has 0 fully saturated rings. The van der Waals surface area contributed by atoms with Gasteiger partial charge in [-0.2, -0.15) is 0 Å². The van der Waals surface area contributed by atoms with Crippen LogP contribution < -0.4 is 4.90 Å². The first-order valence-electron chi connectivity index (χ1n) is 7.98. The SMILES string of the molecule is CCCCCCN1C=C(C(=O)OC)C(C(=O)O)c2ccccc21. The number of carbonyl (C=O) groups is 2. The molecule has 0 saturated carbocycles. The summed E-state index contributed by atoms with van der Waals surface area (Å²) in [7, 11) is 1.27. The Labute approximate surface area is 136 Å². The predicted molar refractivity (Wildman–Crippen MR) is 88.4 cm³/mol. The standard InChI is InChI=1S/C18H23NO4/c1-3-4-5-8-11-19-12-14(18(22)23-2)16(17(20)21)13-9-6-7-10-15(13)19/h6-7,9-10,12,16H,3-5,8,11H2,1-2H3,(H,20,21). The Hall–Kier alpha value is -2.30. The number of ether oxygens (including phenoxy) is 1. The summed E-state index contributed by atoms with van der Waals surface area (Å²) in [5.41, 5.74) is 1.66. The van der Waals surface area contributed by atoms with Crippen LogP contribution in [0.2, 0.25) is 0 Å². The van der Waals surface area contributed by atoms with E-state index in [-0.39, 0.29) is 5.57 Å². The first kappa shape index (κ1) is 17.1. The van der Waals surface area contributed by atoms with Crippen molar-refractivity contribution in [3.8, 4) is 0 Å². The minimum atomic E-state index is -1.04. The summed E-state index contributed by atoms with van der Waals surface area (Å²) in [5, 5.41) is 9.57. The fraction of sp³-hybridized carbons (Fsp3) is 0.444. The van der Waals surface area contributed by atoms with Gasteiger partial charge in [-0.3, -0.25) is 4.79 Å². The molecule has 0 aliphatic carbocycles. The van der Waals surface area contributed by atoms with Crippen molar-refractivity contribution in [1.82, 2.24) is 0 Å². The molecule has 1 unspecified atom stereocenters. The zero-order chi connectivity index (χ0) is 16.8. The number of esters is 1. The molecule has 1 heterocycles. The van der Waals surface area contributed by atoms with E-state index in [0.29, 0.717) is 5.56 Å². The van der Waals surface area contributed by atoms with Crippen LogP contribution in [0.3, 0.4) is 0 Å². The molecular formula is C18H23NO4. The van der Waals surface area contributed by atoms with Crippen molar-refractivity contribution in [2.75, 3.05) is 18.6 Å². The smallest absolute Gasteiger partial charge is 0.336 e. The van der Waals surface area contributed by atoms with Crippen LogP contribution in [0.25, 0.3) is 0 Å². The van der Waals surface area contributed by atoms with Crippen molar-refractivity contribution in [3.05, 3.63) is 41.6 Å². The Morgan fingerprint density at radius 3 is 2.61 bits per heavy atom. The average molecular weight is 317 g/mol. The molecule has 0 radical (unpaired) electrons. The maximum absolute atomic E-state index is 12.0. The normalized spacial score (nSPS) is 16.5. The molecule has 5 heteroatoms. The summed E-state index contributed by atoms with van der Waals surface area (Å²) in [6, 6.07) is 7.34. The minimum absolute atomic E-state index is 0.175. The lowest BCUT2D eigenvalue weighted by Crippen LogP contribution is -2.31. The Balaban J connectivity index is 2.35. The van der Waals surface area contributed by atoms with Crippen LogP contribution in [0.1, 0.15) is 44.1 Å². The molecule has 124 valence electrons. The number of hydrogen-bond donors (Lipinski definition) is 1. The number of carboxylic acids is 1. The molecule has 0 bridgehead atoms. The topological polar surface area (TPSA) is 66.8 Å². The van der Waals surface area contributed by atoms with Crippen molar-refractivity contribution in [3.63, 3.8) is 0 Å². The van der Waals surface area contributed by atoms with Gasteiger partial charge in [0.05, 0.1) is 12.7 Å². The molecular weight excluding hydrogens is 294 g/mol.